The van der Waals surface area contributed by atoms with Gasteiger partial charge in [-0.2, -0.15) is 0 Å². The highest BCUT2D eigenvalue weighted by atomic mass is 16.1. The Morgan fingerprint density at radius 3 is 2.76 bits per heavy atom. The van der Waals surface area contributed by atoms with Gasteiger partial charge in [0.15, 0.2) is 0 Å². The van der Waals surface area contributed by atoms with E-state index in [9.17, 15) is 4.79 Å². The van der Waals surface area contributed by atoms with Gasteiger partial charge in [-0.3, -0.25) is 9.78 Å². The molecule has 1 amide bonds. The van der Waals surface area contributed by atoms with Crippen LogP contribution in [0.1, 0.15) is 29.1 Å². The number of amides is 1. The quantitative estimate of drug-likeness (QED) is 0.801. The highest BCUT2D eigenvalue weighted by Gasteiger charge is 2.17. The highest BCUT2D eigenvalue weighted by molar-refractivity contribution is 5.94. The Labute approximate surface area is 122 Å². The van der Waals surface area contributed by atoms with Gasteiger partial charge in [0.1, 0.15) is 5.82 Å². The van der Waals surface area contributed by atoms with Crippen molar-refractivity contribution in [2.75, 3.05) is 0 Å². The molecule has 0 radical (unpaired) electrons. The first-order valence-electron chi connectivity index (χ1n) is 6.79. The SMILES string of the molecule is C[C@H](NC(=O)c1cccnc1)c1nc2ccccc2n1C. The first-order chi connectivity index (χ1) is 10.2. The Hall–Kier alpha value is -2.69. The third-order valence-electron chi connectivity index (χ3n) is 3.48. The Bertz CT molecular complexity index is 779. The van der Waals surface area contributed by atoms with Crippen LogP contribution in [0.2, 0.25) is 0 Å². The van der Waals surface area contributed by atoms with E-state index in [2.05, 4.69) is 15.3 Å². The normalized spacial score (nSPS) is 12.3. The van der Waals surface area contributed by atoms with Crippen molar-refractivity contribution in [1.82, 2.24) is 19.9 Å². The van der Waals surface area contributed by atoms with Crippen molar-refractivity contribution in [3.63, 3.8) is 0 Å². The van der Waals surface area contributed by atoms with Gasteiger partial charge in [0, 0.05) is 19.4 Å². The molecule has 3 rings (SSSR count). The van der Waals surface area contributed by atoms with Gasteiger partial charge in [-0.1, -0.05) is 12.1 Å². The molecule has 21 heavy (non-hydrogen) atoms. The van der Waals surface area contributed by atoms with Crippen molar-refractivity contribution in [1.29, 1.82) is 0 Å². The van der Waals surface area contributed by atoms with Crippen molar-refractivity contribution in [3.05, 3.63) is 60.2 Å². The van der Waals surface area contributed by atoms with Gasteiger partial charge in [0.25, 0.3) is 5.91 Å². The van der Waals surface area contributed by atoms with Crippen molar-refractivity contribution in [2.24, 2.45) is 7.05 Å². The molecular weight excluding hydrogens is 264 g/mol. The van der Waals surface area contributed by atoms with Crippen LogP contribution in [0.25, 0.3) is 11.0 Å². The number of hydrogen-bond acceptors (Lipinski definition) is 3. The third-order valence-corrected chi connectivity index (χ3v) is 3.48. The summed E-state index contributed by atoms with van der Waals surface area (Å²) in [4.78, 5) is 20.7. The minimum Gasteiger partial charge on any atom is -0.342 e. The summed E-state index contributed by atoms with van der Waals surface area (Å²) >= 11 is 0. The van der Waals surface area contributed by atoms with Gasteiger partial charge < -0.3 is 9.88 Å². The predicted octanol–water partition coefficient (Wildman–Crippen LogP) is 2.46. The Morgan fingerprint density at radius 2 is 2.05 bits per heavy atom. The van der Waals surface area contributed by atoms with Gasteiger partial charge >= 0.3 is 0 Å². The number of aromatic nitrogens is 3. The predicted molar refractivity (Wildman–Crippen MR) is 80.8 cm³/mol. The number of carbonyl (C=O) groups excluding carboxylic acids is 1. The van der Waals surface area contributed by atoms with E-state index >= 15 is 0 Å². The summed E-state index contributed by atoms with van der Waals surface area (Å²) in [7, 11) is 1.96. The maximum absolute atomic E-state index is 12.2. The van der Waals surface area contributed by atoms with Gasteiger partial charge in [0.05, 0.1) is 22.6 Å². The van der Waals surface area contributed by atoms with Crippen LogP contribution in [0, 0.1) is 0 Å². The molecule has 106 valence electrons. The monoisotopic (exact) mass is 280 g/mol. The molecule has 0 saturated heterocycles. The zero-order chi connectivity index (χ0) is 14.8. The van der Waals surface area contributed by atoms with Crippen molar-refractivity contribution >= 4 is 16.9 Å². The van der Waals surface area contributed by atoms with E-state index in [1.54, 1.807) is 24.5 Å². The largest absolute Gasteiger partial charge is 0.342 e. The second kappa shape index (κ2) is 5.36. The topological polar surface area (TPSA) is 59.8 Å². The molecule has 0 fully saturated rings. The van der Waals surface area contributed by atoms with Crippen LogP contribution in [-0.2, 0) is 7.05 Å². The average Bonchev–Trinajstić information content (AvgIpc) is 2.86. The van der Waals surface area contributed by atoms with E-state index in [0.717, 1.165) is 16.9 Å². The molecular formula is C16H16N4O. The molecule has 2 heterocycles. The van der Waals surface area contributed by atoms with Crippen LogP contribution >= 0.6 is 0 Å². The summed E-state index contributed by atoms with van der Waals surface area (Å²) in [6, 6.07) is 11.2. The first kappa shape index (κ1) is 13.3. The summed E-state index contributed by atoms with van der Waals surface area (Å²) in [5, 5.41) is 2.95. The number of aryl methyl sites for hydroxylation is 1. The molecule has 5 heteroatoms. The summed E-state index contributed by atoms with van der Waals surface area (Å²) in [6.07, 6.45) is 3.20. The van der Waals surface area contributed by atoms with E-state index in [1.165, 1.54) is 0 Å². The molecule has 1 N–H and O–H groups in total. The second-order valence-corrected chi connectivity index (χ2v) is 4.95. The molecule has 5 nitrogen and oxygen atoms in total. The summed E-state index contributed by atoms with van der Waals surface area (Å²) in [5.74, 6) is 0.677. The summed E-state index contributed by atoms with van der Waals surface area (Å²) < 4.78 is 2.00. The van der Waals surface area contributed by atoms with Gasteiger partial charge in [-0.25, -0.2) is 4.98 Å². The van der Waals surface area contributed by atoms with Gasteiger partial charge in [-0.05, 0) is 31.2 Å². The standard InChI is InChI=1S/C16H16N4O/c1-11(18-16(21)12-6-5-9-17-10-12)15-19-13-7-3-4-8-14(13)20(15)2/h3-11H,1-2H3,(H,18,21)/t11-/m0/s1. The number of hydrogen-bond donors (Lipinski definition) is 1. The zero-order valence-electron chi connectivity index (χ0n) is 11.9. The number of para-hydroxylation sites is 2. The lowest BCUT2D eigenvalue weighted by atomic mass is 10.2. The zero-order valence-corrected chi connectivity index (χ0v) is 11.9. The number of imidazole rings is 1. The number of nitrogens with zero attached hydrogens (tertiary/aromatic N) is 3. The molecule has 0 saturated carbocycles. The van der Waals surface area contributed by atoms with E-state index < -0.39 is 0 Å². The maximum atomic E-state index is 12.2. The number of pyridine rings is 1. The Balaban J connectivity index is 1.86. The smallest absolute Gasteiger partial charge is 0.253 e. The van der Waals surface area contributed by atoms with Crippen molar-refractivity contribution in [3.8, 4) is 0 Å². The van der Waals surface area contributed by atoms with E-state index in [0.29, 0.717) is 5.56 Å². The number of carbonyl (C=O) groups is 1. The van der Waals surface area contributed by atoms with E-state index in [-0.39, 0.29) is 11.9 Å². The second-order valence-electron chi connectivity index (χ2n) is 4.95. The van der Waals surface area contributed by atoms with Gasteiger partial charge in [-0.15, -0.1) is 0 Å². The van der Waals surface area contributed by atoms with Gasteiger partial charge in [0.2, 0.25) is 0 Å². The summed E-state index contributed by atoms with van der Waals surface area (Å²) in [6.45, 7) is 1.93. The fourth-order valence-electron chi connectivity index (χ4n) is 2.39. The molecule has 0 spiro atoms. The molecule has 0 aliphatic heterocycles. The molecule has 0 aliphatic rings. The number of benzene rings is 1. The van der Waals surface area contributed by atoms with E-state index in [4.69, 9.17) is 0 Å². The molecule has 1 atom stereocenters. The van der Waals surface area contributed by atoms with Crippen LogP contribution in [0.4, 0.5) is 0 Å². The Morgan fingerprint density at radius 1 is 1.24 bits per heavy atom. The molecule has 0 bridgehead atoms. The van der Waals surface area contributed by atoms with Crippen LogP contribution in [0.5, 0.6) is 0 Å². The minimum atomic E-state index is -0.185. The molecule has 1 aromatic carbocycles. The molecule has 0 aliphatic carbocycles. The number of fused-ring (bicyclic) bond motifs is 1. The van der Waals surface area contributed by atoms with Crippen LogP contribution < -0.4 is 5.32 Å². The maximum Gasteiger partial charge on any atom is 0.253 e. The molecule has 0 unspecified atom stereocenters. The fraction of sp³-hybridized carbons (Fsp3) is 0.188. The van der Waals surface area contributed by atoms with Crippen molar-refractivity contribution < 1.29 is 4.79 Å². The van der Waals surface area contributed by atoms with Crippen LogP contribution in [0.15, 0.2) is 48.8 Å². The highest BCUT2D eigenvalue weighted by Crippen LogP contribution is 2.19. The van der Waals surface area contributed by atoms with Crippen LogP contribution in [0.3, 0.4) is 0 Å². The molecule has 3 aromatic rings. The first-order valence-corrected chi connectivity index (χ1v) is 6.79. The number of rotatable bonds is 3. The van der Waals surface area contributed by atoms with Crippen LogP contribution in [-0.4, -0.2) is 20.4 Å². The van der Waals surface area contributed by atoms with Crippen molar-refractivity contribution in [2.45, 2.75) is 13.0 Å². The lowest BCUT2D eigenvalue weighted by Crippen LogP contribution is -2.28. The third kappa shape index (κ3) is 2.50. The average molecular weight is 280 g/mol. The Kier molecular flexibility index (Phi) is 3.39. The fourth-order valence-corrected chi connectivity index (χ4v) is 2.39. The minimum absolute atomic E-state index is 0.150. The lowest BCUT2D eigenvalue weighted by Gasteiger charge is -2.13. The molecule has 2 aromatic heterocycles. The van der Waals surface area contributed by atoms with E-state index in [1.807, 2.05) is 42.8 Å². The number of nitrogens with one attached hydrogen (secondary N) is 1. The summed E-state index contributed by atoms with van der Waals surface area (Å²) in [5.41, 5.74) is 2.52. The lowest BCUT2D eigenvalue weighted by molar-refractivity contribution is 0.0937.